The Labute approximate surface area is 176 Å². The summed E-state index contributed by atoms with van der Waals surface area (Å²) < 4.78 is 40.3. The Morgan fingerprint density at radius 3 is 2.53 bits per heavy atom. The molecule has 30 heavy (non-hydrogen) atoms. The van der Waals surface area contributed by atoms with Gasteiger partial charge in [-0.25, -0.2) is 0 Å². The Balaban J connectivity index is 1.47. The molecule has 5 atom stereocenters. The molecular weight excluding hydrogens is 387 g/mol. The molecule has 0 spiro atoms. The molecule has 3 nitrogen and oxygen atoms in total. The van der Waals surface area contributed by atoms with E-state index < -0.39 is 11.7 Å². The van der Waals surface area contributed by atoms with Crippen molar-refractivity contribution in [3.05, 3.63) is 53.6 Å². The maximum absolute atomic E-state index is 13.4. The van der Waals surface area contributed by atoms with Crippen LogP contribution in [-0.2, 0) is 6.18 Å². The van der Waals surface area contributed by atoms with Crippen LogP contribution in [0.3, 0.4) is 0 Å². The molecule has 1 aromatic carbocycles. The number of halogens is 3. The van der Waals surface area contributed by atoms with Crippen LogP contribution in [-0.4, -0.2) is 55.1 Å². The molecule has 4 aliphatic rings. The van der Waals surface area contributed by atoms with Gasteiger partial charge in [0.25, 0.3) is 0 Å². The standard InChI is InChI=1S/C24H30F3N3/c1-29-9-11-30(12-10-29)18-14-19-20-13-17(24(25,26)27)7-8-22(20)28-23(21(19)15-18)16-5-3-2-4-6-16/h2-5,7-8,13,16,18-19,21,23,28H,6,9-12,14-15H2,1H3/t16?,18-,19?,21+,23-/m0/s1. The zero-order chi connectivity index (χ0) is 20.9. The third kappa shape index (κ3) is 3.69. The van der Waals surface area contributed by atoms with Gasteiger partial charge in [0, 0.05) is 49.9 Å². The lowest BCUT2D eigenvalue weighted by Crippen LogP contribution is -2.48. The summed E-state index contributed by atoms with van der Waals surface area (Å²) in [5.74, 6) is 0.952. The summed E-state index contributed by atoms with van der Waals surface area (Å²) in [4.78, 5) is 4.94. The Morgan fingerprint density at radius 2 is 1.83 bits per heavy atom. The Morgan fingerprint density at radius 1 is 1.03 bits per heavy atom. The first-order valence-electron chi connectivity index (χ1n) is 11.1. The summed E-state index contributed by atoms with van der Waals surface area (Å²) >= 11 is 0. The van der Waals surface area contributed by atoms with Crippen molar-refractivity contribution in [2.75, 3.05) is 38.5 Å². The van der Waals surface area contributed by atoms with Crippen LogP contribution in [0, 0.1) is 11.8 Å². The number of piperazine rings is 1. The van der Waals surface area contributed by atoms with E-state index in [2.05, 4.69) is 46.5 Å². The van der Waals surface area contributed by atoms with Crippen molar-refractivity contribution in [2.45, 2.75) is 43.4 Å². The molecule has 0 radical (unpaired) electrons. The first-order chi connectivity index (χ1) is 14.4. The van der Waals surface area contributed by atoms with Crippen molar-refractivity contribution >= 4 is 5.69 Å². The number of anilines is 1. The lowest BCUT2D eigenvalue weighted by Gasteiger charge is -2.41. The normalized spacial score (nSPS) is 34.5. The number of allylic oxidation sites excluding steroid dienone is 3. The predicted molar refractivity (Wildman–Crippen MR) is 114 cm³/mol. The molecule has 6 heteroatoms. The van der Waals surface area contributed by atoms with Gasteiger partial charge in [0.15, 0.2) is 0 Å². The fourth-order valence-corrected chi connectivity index (χ4v) is 6.04. The number of hydrogen-bond acceptors (Lipinski definition) is 3. The van der Waals surface area contributed by atoms with Gasteiger partial charge in [-0.15, -0.1) is 0 Å². The van der Waals surface area contributed by atoms with E-state index in [1.165, 1.54) is 12.1 Å². The van der Waals surface area contributed by atoms with Gasteiger partial charge in [-0.1, -0.05) is 24.3 Å². The first kappa shape index (κ1) is 20.1. The van der Waals surface area contributed by atoms with Crippen molar-refractivity contribution in [2.24, 2.45) is 11.8 Å². The van der Waals surface area contributed by atoms with Crippen LogP contribution >= 0.6 is 0 Å². The number of rotatable bonds is 2. The SMILES string of the molecule is CN1CCN([C@H]2CC3c4cc(C(F)(F)F)ccc4N[C@@H](C4C=CC=CC4)[C@@H]3C2)CC1. The molecule has 1 saturated heterocycles. The van der Waals surface area contributed by atoms with Crippen molar-refractivity contribution in [3.8, 4) is 0 Å². The van der Waals surface area contributed by atoms with E-state index in [4.69, 9.17) is 0 Å². The zero-order valence-electron chi connectivity index (χ0n) is 17.4. The molecule has 162 valence electrons. The Hall–Kier alpha value is -1.79. The predicted octanol–water partition coefficient (Wildman–Crippen LogP) is 4.74. The highest BCUT2D eigenvalue weighted by molar-refractivity contribution is 5.59. The van der Waals surface area contributed by atoms with Crippen molar-refractivity contribution in [1.82, 2.24) is 9.80 Å². The highest BCUT2D eigenvalue weighted by Gasteiger charge is 2.47. The number of fused-ring (bicyclic) bond motifs is 3. The molecule has 2 unspecified atom stereocenters. The van der Waals surface area contributed by atoms with Crippen molar-refractivity contribution < 1.29 is 13.2 Å². The monoisotopic (exact) mass is 417 g/mol. The Bertz CT molecular complexity index is 839. The van der Waals surface area contributed by atoms with Gasteiger partial charge in [0.2, 0.25) is 0 Å². The van der Waals surface area contributed by atoms with E-state index in [0.717, 1.165) is 56.7 Å². The zero-order valence-corrected chi connectivity index (χ0v) is 17.4. The fourth-order valence-electron chi connectivity index (χ4n) is 6.04. The summed E-state index contributed by atoms with van der Waals surface area (Å²) in [6.45, 7) is 4.25. The summed E-state index contributed by atoms with van der Waals surface area (Å²) in [5, 5.41) is 3.67. The van der Waals surface area contributed by atoms with Gasteiger partial charge in [0.05, 0.1) is 5.56 Å². The van der Waals surface area contributed by atoms with E-state index >= 15 is 0 Å². The summed E-state index contributed by atoms with van der Waals surface area (Å²) in [6.07, 6.45) is 7.40. The average molecular weight is 418 g/mol. The molecule has 0 aromatic heterocycles. The molecule has 2 aliphatic heterocycles. The number of likely N-dealkylation sites (N-methyl/N-ethyl adjacent to an activating group) is 1. The maximum atomic E-state index is 13.4. The minimum atomic E-state index is -4.30. The Kier molecular flexibility index (Phi) is 5.18. The summed E-state index contributed by atoms with van der Waals surface area (Å²) in [5.41, 5.74) is 1.25. The second kappa shape index (κ2) is 7.72. The summed E-state index contributed by atoms with van der Waals surface area (Å²) in [6, 6.07) is 5.04. The topological polar surface area (TPSA) is 18.5 Å². The van der Waals surface area contributed by atoms with Crippen LogP contribution in [0.1, 0.15) is 36.3 Å². The highest BCUT2D eigenvalue weighted by atomic mass is 19.4. The lowest BCUT2D eigenvalue weighted by atomic mass is 9.73. The molecule has 2 aliphatic carbocycles. The molecule has 2 fully saturated rings. The number of hydrogen-bond donors (Lipinski definition) is 1. The van der Waals surface area contributed by atoms with Crippen molar-refractivity contribution in [1.29, 1.82) is 0 Å². The van der Waals surface area contributed by atoms with Gasteiger partial charge in [-0.3, -0.25) is 4.90 Å². The number of alkyl halides is 3. The molecule has 1 saturated carbocycles. The van der Waals surface area contributed by atoms with E-state index in [1.54, 1.807) is 6.07 Å². The van der Waals surface area contributed by atoms with E-state index in [-0.39, 0.29) is 12.0 Å². The van der Waals surface area contributed by atoms with Crippen molar-refractivity contribution in [3.63, 3.8) is 0 Å². The molecular formula is C24H30F3N3. The second-order valence-corrected chi connectivity index (χ2v) is 9.42. The lowest BCUT2D eigenvalue weighted by molar-refractivity contribution is -0.137. The van der Waals surface area contributed by atoms with Gasteiger partial charge < -0.3 is 10.2 Å². The number of nitrogens with zero attached hydrogens (tertiary/aromatic N) is 2. The molecule has 0 bridgehead atoms. The van der Waals surface area contributed by atoms with E-state index in [0.29, 0.717) is 17.9 Å². The maximum Gasteiger partial charge on any atom is 0.416 e. The smallest absolute Gasteiger partial charge is 0.381 e. The second-order valence-electron chi connectivity index (χ2n) is 9.42. The van der Waals surface area contributed by atoms with Gasteiger partial charge in [-0.2, -0.15) is 13.2 Å². The molecule has 1 N–H and O–H groups in total. The number of benzene rings is 1. The molecule has 5 rings (SSSR count). The third-order valence-corrected chi connectivity index (χ3v) is 7.68. The van der Waals surface area contributed by atoms with Crippen LogP contribution in [0.25, 0.3) is 0 Å². The first-order valence-corrected chi connectivity index (χ1v) is 11.1. The largest absolute Gasteiger partial charge is 0.416 e. The average Bonchev–Trinajstić information content (AvgIpc) is 3.19. The number of nitrogens with one attached hydrogen (secondary N) is 1. The van der Waals surface area contributed by atoms with Crippen LogP contribution in [0.5, 0.6) is 0 Å². The van der Waals surface area contributed by atoms with E-state index in [1.807, 2.05) is 0 Å². The molecule has 2 heterocycles. The van der Waals surface area contributed by atoms with E-state index in [9.17, 15) is 13.2 Å². The molecule has 1 aromatic rings. The van der Waals surface area contributed by atoms with Crippen LogP contribution in [0.2, 0.25) is 0 Å². The minimum absolute atomic E-state index is 0.192. The van der Waals surface area contributed by atoms with Gasteiger partial charge in [0.1, 0.15) is 0 Å². The summed E-state index contributed by atoms with van der Waals surface area (Å²) in [7, 11) is 2.16. The highest BCUT2D eigenvalue weighted by Crippen LogP contribution is 2.52. The van der Waals surface area contributed by atoms with Crippen LogP contribution in [0.15, 0.2) is 42.5 Å². The minimum Gasteiger partial charge on any atom is -0.381 e. The molecule has 0 amide bonds. The quantitative estimate of drug-likeness (QED) is 0.750. The van der Waals surface area contributed by atoms with Gasteiger partial charge in [-0.05, 0) is 61.9 Å². The fraction of sp³-hybridized carbons (Fsp3) is 0.583. The van der Waals surface area contributed by atoms with Gasteiger partial charge >= 0.3 is 6.18 Å². The van der Waals surface area contributed by atoms with Crippen LogP contribution < -0.4 is 5.32 Å². The van der Waals surface area contributed by atoms with Crippen LogP contribution in [0.4, 0.5) is 18.9 Å². The third-order valence-electron chi connectivity index (χ3n) is 7.68.